The van der Waals surface area contributed by atoms with Crippen molar-refractivity contribution < 1.29 is 4.79 Å². The first-order valence-corrected chi connectivity index (χ1v) is 5.64. The van der Waals surface area contributed by atoms with Crippen molar-refractivity contribution in [2.45, 2.75) is 59.8 Å². The summed E-state index contributed by atoms with van der Waals surface area (Å²) in [4.78, 5) is 11.4. The van der Waals surface area contributed by atoms with E-state index >= 15 is 0 Å². The third kappa shape index (κ3) is 5.84. The van der Waals surface area contributed by atoms with E-state index in [1.807, 2.05) is 6.92 Å². The van der Waals surface area contributed by atoms with Crippen LogP contribution in [0.3, 0.4) is 0 Å². The molecule has 0 saturated carbocycles. The van der Waals surface area contributed by atoms with Crippen LogP contribution in [-0.2, 0) is 4.79 Å². The summed E-state index contributed by atoms with van der Waals surface area (Å²) in [5, 5.41) is 0. The SMILES string of the molecule is CCC(=O)C(CC)CCCC(C)C. The van der Waals surface area contributed by atoms with Gasteiger partial charge in [-0.15, -0.1) is 0 Å². The minimum Gasteiger partial charge on any atom is -0.299 e. The molecule has 0 saturated heterocycles. The summed E-state index contributed by atoms with van der Waals surface area (Å²) in [6.07, 6.45) is 5.29. The van der Waals surface area contributed by atoms with Crippen LogP contribution in [0, 0.1) is 11.8 Å². The molecule has 0 amide bonds. The Bertz CT molecular complexity index is 138. The van der Waals surface area contributed by atoms with E-state index in [-0.39, 0.29) is 0 Å². The first-order chi connectivity index (χ1) is 6.11. The van der Waals surface area contributed by atoms with Gasteiger partial charge in [0.05, 0.1) is 0 Å². The second kappa shape index (κ2) is 7.11. The van der Waals surface area contributed by atoms with Crippen molar-refractivity contribution >= 4 is 5.78 Å². The molecular weight excluding hydrogens is 160 g/mol. The molecule has 78 valence electrons. The third-order valence-corrected chi connectivity index (χ3v) is 2.63. The van der Waals surface area contributed by atoms with Crippen molar-refractivity contribution in [2.24, 2.45) is 11.8 Å². The molecule has 0 spiro atoms. The van der Waals surface area contributed by atoms with Crippen LogP contribution in [0.25, 0.3) is 0 Å². The van der Waals surface area contributed by atoms with E-state index in [0.717, 1.165) is 18.8 Å². The van der Waals surface area contributed by atoms with Gasteiger partial charge in [0.15, 0.2) is 0 Å². The number of carbonyl (C=O) groups is 1. The van der Waals surface area contributed by atoms with Gasteiger partial charge < -0.3 is 0 Å². The summed E-state index contributed by atoms with van der Waals surface area (Å²) in [5.74, 6) is 1.56. The lowest BCUT2D eigenvalue weighted by Crippen LogP contribution is -2.12. The molecule has 0 heterocycles. The molecule has 13 heavy (non-hydrogen) atoms. The maximum atomic E-state index is 11.4. The van der Waals surface area contributed by atoms with Crippen molar-refractivity contribution in [2.75, 3.05) is 0 Å². The van der Waals surface area contributed by atoms with Gasteiger partial charge in [-0.2, -0.15) is 0 Å². The minimum absolute atomic E-state index is 0.337. The number of Topliss-reactive ketones (excluding diaryl/α,β-unsaturated/α-hetero) is 1. The predicted octanol–water partition coefficient (Wildman–Crippen LogP) is 3.82. The van der Waals surface area contributed by atoms with Crippen molar-refractivity contribution in [3.05, 3.63) is 0 Å². The van der Waals surface area contributed by atoms with Crippen LogP contribution >= 0.6 is 0 Å². The van der Waals surface area contributed by atoms with Crippen molar-refractivity contribution in [3.8, 4) is 0 Å². The molecule has 1 atom stereocenters. The van der Waals surface area contributed by atoms with E-state index in [1.165, 1.54) is 12.8 Å². The second-order valence-corrected chi connectivity index (χ2v) is 4.25. The molecule has 0 rings (SSSR count). The monoisotopic (exact) mass is 184 g/mol. The summed E-state index contributed by atoms with van der Waals surface area (Å²) in [7, 11) is 0. The number of rotatable bonds is 7. The standard InChI is InChI=1S/C12H24O/c1-5-11(12(13)6-2)9-7-8-10(3)4/h10-11H,5-9H2,1-4H3. The number of hydrogen-bond acceptors (Lipinski definition) is 1. The fourth-order valence-corrected chi connectivity index (χ4v) is 1.65. The van der Waals surface area contributed by atoms with Gasteiger partial charge in [0, 0.05) is 12.3 Å². The Morgan fingerprint density at radius 1 is 1.15 bits per heavy atom. The van der Waals surface area contributed by atoms with Crippen LogP contribution in [0.5, 0.6) is 0 Å². The van der Waals surface area contributed by atoms with E-state index in [1.54, 1.807) is 0 Å². The fraction of sp³-hybridized carbons (Fsp3) is 0.917. The normalized spacial score (nSPS) is 13.3. The Morgan fingerprint density at radius 3 is 2.15 bits per heavy atom. The molecule has 0 aromatic heterocycles. The Labute approximate surface area is 82.9 Å². The van der Waals surface area contributed by atoms with Gasteiger partial charge in [-0.3, -0.25) is 4.79 Å². The fourth-order valence-electron chi connectivity index (χ4n) is 1.65. The maximum absolute atomic E-state index is 11.4. The topological polar surface area (TPSA) is 17.1 Å². The van der Waals surface area contributed by atoms with Crippen LogP contribution in [0.1, 0.15) is 59.8 Å². The summed E-state index contributed by atoms with van der Waals surface area (Å²) >= 11 is 0. The van der Waals surface area contributed by atoms with E-state index in [0.29, 0.717) is 18.1 Å². The van der Waals surface area contributed by atoms with Crippen molar-refractivity contribution in [1.29, 1.82) is 0 Å². The molecule has 0 bridgehead atoms. The first-order valence-electron chi connectivity index (χ1n) is 5.64. The molecule has 1 nitrogen and oxygen atoms in total. The molecule has 0 aromatic carbocycles. The predicted molar refractivity (Wildman–Crippen MR) is 57.8 cm³/mol. The summed E-state index contributed by atoms with van der Waals surface area (Å²) < 4.78 is 0. The quantitative estimate of drug-likeness (QED) is 0.588. The Morgan fingerprint density at radius 2 is 1.77 bits per heavy atom. The van der Waals surface area contributed by atoms with Crippen molar-refractivity contribution in [3.63, 3.8) is 0 Å². The van der Waals surface area contributed by atoms with Gasteiger partial charge in [-0.05, 0) is 18.8 Å². The van der Waals surface area contributed by atoms with Crippen LogP contribution in [0.15, 0.2) is 0 Å². The molecule has 0 aliphatic carbocycles. The molecule has 0 radical (unpaired) electrons. The average molecular weight is 184 g/mol. The molecule has 1 unspecified atom stereocenters. The van der Waals surface area contributed by atoms with E-state index in [9.17, 15) is 4.79 Å². The summed E-state index contributed by atoms with van der Waals surface area (Å²) in [5.41, 5.74) is 0. The largest absolute Gasteiger partial charge is 0.299 e. The molecular formula is C12H24O. The van der Waals surface area contributed by atoms with E-state index in [4.69, 9.17) is 0 Å². The van der Waals surface area contributed by atoms with Crippen LogP contribution in [0.4, 0.5) is 0 Å². The molecule has 1 heteroatoms. The zero-order chi connectivity index (χ0) is 10.3. The minimum atomic E-state index is 0.337. The highest BCUT2D eigenvalue weighted by Gasteiger charge is 2.13. The number of hydrogen-bond donors (Lipinski definition) is 0. The highest BCUT2D eigenvalue weighted by atomic mass is 16.1. The smallest absolute Gasteiger partial charge is 0.135 e. The van der Waals surface area contributed by atoms with Crippen LogP contribution < -0.4 is 0 Å². The lowest BCUT2D eigenvalue weighted by atomic mass is 9.92. The van der Waals surface area contributed by atoms with E-state index < -0.39 is 0 Å². The molecule has 0 aromatic rings. The molecule has 0 aliphatic rings. The Hall–Kier alpha value is -0.330. The zero-order valence-electron chi connectivity index (χ0n) is 9.60. The molecule has 0 fully saturated rings. The van der Waals surface area contributed by atoms with Gasteiger partial charge in [0.25, 0.3) is 0 Å². The Balaban J connectivity index is 3.66. The Kier molecular flexibility index (Phi) is 6.93. The molecule has 0 N–H and O–H groups in total. The molecule has 0 aliphatic heterocycles. The van der Waals surface area contributed by atoms with Crippen LogP contribution in [0.2, 0.25) is 0 Å². The van der Waals surface area contributed by atoms with Crippen LogP contribution in [-0.4, -0.2) is 5.78 Å². The first kappa shape index (κ1) is 12.7. The third-order valence-electron chi connectivity index (χ3n) is 2.63. The van der Waals surface area contributed by atoms with Crippen molar-refractivity contribution in [1.82, 2.24) is 0 Å². The van der Waals surface area contributed by atoms with Gasteiger partial charge >= 0.3 is 0 Å². The lowest BCUT2D eigenvalue weighted by Gasteiger charge is -2.12. The highest BCUT2D eigenvalue weighted by Crippen LogP contribution is 2.17. The number of ketones is 1. The average Bonchev–Trinajstić information content (AvgIpc) is 2.11. The summed E-state index contributed by atoms with van der Waals surface area (Å²) in [6.45, 7) is 8.56. The van der Waals surface area contributed by atoms with Gasteiger partial charge in [-0.25, -0.2) is 0 Å². The highest BCUT2D eigenvalue weighted by molar-refractivity contribution is 5.80. The maximum Gasteiger partial charge on any atom is 0.135 e. The zero-order valence-corrected chi connectivity index (χ0v) is 9.60. The van der Waals surface area contributed by atoms with Gasteiger partial charge in [0.1, 0.15) is 5.78 Å². The van der Waals surface area contributed by atoms with Gasteiger partial charge in [0.2, 0.25) is 0 Å². The van der Waals surface area contributed by atoms with E-state index in [2.05, 4.69) is 20.8 Å². The van der Waals surface area contributed by atoms with Gasteiger partial charge in [-0.1, -0.05) is 40.5 Å². The second-order valence-electron chi connectivity index (χ2n) is 4.25. The summed E-state index contributed by atoms with van der Waals surface area (Å²) in [6, 6.07) is 0. The number of carbonyl (C=O) groups excluding carboxylic acids is 1. The lowest BCUT2D eigenvalue weighted by molar-refractivity contribution is -0.122.